The van der Waals surface area contributed by atoms with Gasteiger partial charge in [-0.05, 0) is 48.9 Å². The average Bonchev–Trinajstić information content (AvgIpc) is 2.34. The molecule has 0 aromatic heterocycles. The SMILES string of the molecule is Cc1cc(Nc2cccc(N(C)C)c2)ccc1N. The van der Waals surface area contributed by atoms with E-state index in [0.29, 0.717) is 0 Å². The molecule has 0 fully saturated rings. The molecule has 3 nitrogen and oxygen atoms in total. The van der Waals surface area contributed by atoms with Crippen molar-refractivity contribution >= 4 is 22.7 Å². The van der Waals surface area contributed by atoms with E-state index in [9.17, 15) is 0 Å². The predicted molar refractivity (Wildman–Crippen MR) is 79.6 cm³/mol. The molecule has 0 saturated carbocycles. The number of hydrogen-bond donors (Lipinski definition) is 2. The Bertz CT molecular complexity index is 547. The molecular weight excluding hydrogens is 222 g/mol. The zero-order valence-corrected chi connectivity index (χ0v) is 11.1. The summed E-state index contributed by atoms with van der Waals surface area (Å²) >= 11 is 0. The first-order chi connectivity index (χ1) is 8.56. The second-order valence-electron chi connectivity index (χ2n) is 4.64. The molecule has 94 valence electrons. The number of hydrogen-bond acceptors (Lipinski definition) is 3. The van der Waals surface area contributed by atoms with Crippen molar-refractivity contribution in [1.82, 2.24) is 0 Å². The van der Waals surface area contributed by atoms with Crippen LogP contribution < -0.4 is 16.0 Å². The minimum Gasteiger partial charge on any atom is -0.399 e. The Kier molecular flexibility index (Phi) is 3.42. The van der Waals surface area contributed by atoms with Gasteiger partial charge in [-0.1, -0.05) is 6.07 Å². The van der Waals surface area contributed by atoms with Gasteiger partial charge in [-0.3, -0.25) is 0 Å². The van der Waals surface area contributed by atoms with E-state index in [0.717, 1.165) is 22.6 Å². The number of anilines is 4. The molecule has 2 aromatic rings. The summed E-state index contributed by atoms with van der Waals surface area (Å²) in [7, 11) is 4.07. The zero-order valence-electron chi connectivity index (χ0n) is 11.1. The maximum absolute atomic E-state index is 5.81. The van der Waals surface area contributed by atoms with Gasteiger partial charge < -0.3 is 16.0 Å². The van der Waals surface area contributed by atoms with Crippen molar-refractivity contribution in [3.63, 3.8) is 0 Å². The molecule has 0 aliphatic carbocycles. The van der Waals surface area contributed by atoms with Crippen LogP contribution in [0.5, 0.6) is 0 Å². The summed E-state index contributed by atoms with van der Waals surface area (Å²) in [6, 6.07) is 14.3. The summed E-state index contributed by atoms with van der Waals surface area (Å²) in [5.74, 6) is 0. The van der Waals surface area contributed by atoms with E-state index in [4.69, 9.17) is 5.73 Å². The third-order valence-corrected chi connectivity index (χ3v) is 2.92. The monoisotopic (exact) mass is 241 g/mol. The Morgan fingerprint density at radius 1 is 1.00 bits per heavy atom. The van der Waals surface area contributed by atoms with Crippen LogP contribution in [-0.4, -0.2) is 14.1 Å². The maximum atomic E-state index is 5.81. The predicted octanol–water partition coefficient (Wildman–Crippen LogP) is 3.39. The van der Waals surface area contributed by atoms with Gasteiger partial charge in [0.2, 0.25) is 0 Å². The highest BCUT2D eigenvalue weighted by atomic mass is 15.1. The molecule has 2 aromatic carbocycles. The lowest BCUT2D eigenvalue weighted by atomic mass is 10.1. The second kappa shape index (κ2) is 5.00. The first-order valence-corrected chi connectivity index (χ1v) is 5.97. The highest BCUT2D eigenvalue weighted by Gasteiger charge is 2.00. The van der Waals surface area contributed by atoms with Crippen LogP contribution >= 0.6 is 0 Å². The van der Waals surface area contributed by atoms with Gasteiger partial charge in [-0.15, -0.1) is 0 Å². The highest BCUT2D eigenvalue weighted by Crippen LogP contribution is 2.23. The normalized spacial score (nSPS) is 10.2. The summed E-state index contributed by atoms with van der Waals surface area (Å²) in [5, 5.41) is 3.38. The number of nitrogens with zero attached hydrogens (tertiary/aromatic N) is 1. The Balaban J connectivity index is 2.23. The number of nitrogens with two attached hydrogens (primary N) is 1. The van der Waals surface area contributed by atoms with Crippen LogP contribution in [0, 0.1) is 6.92 Å². The number of nitrogen functional groups attached to an aromatic ring is 1. The van der Waals surface area contributed by atoms with E-state index in [1.165, 1.54) is 5.69 Å². The summed E-state index contributed by atoms with van der Waals surface area (Å²) in [4.78, 5) is 2.08. The molecule has 0 radical (unpaired) electrons. The average molecular weight is 241 g/mol. The molecule has 0 bridgehead atoms. The van der Waals surface area contributed by atoms with Crippen molar-refractivity contribution in [1.29, 1.82) is 0 Å². The molecule has 0 aliphatic heterocycles. The van der Waals surface area contributed by atoms with Gasteiger partial charge in [-0.25, -0.2) is 0 Å². The molecule has 0 heterocycles. The maximum Gasteiger partial charge on any atom is 0.0405 e. The molecule has 3 N–H and O–H groups in total. The van der Waals surface area contributed by atoms with Crippen LogP contribution in [0.25, 0.3) is 0 Å². The topological polar surface area (TPSA) is 41.3 Å². The van der Waals surface area contributed by atoms with Crippen LogP contribution in [-0.2, 0) is 0 Å². The third kappa shape index (κ3) is 2.74. The molecule has 0 aliphatic rings. The van der Waals surface area contributed by atoms with E-state index < -0.39 is 0 Å². The Labute approximate surface area is 108 Å². The fraction of sp³-hybridized carbons (Fsp3) is 0.200. The van der Waals surface area contributed by atoms with Gasteiger partial charge in [0.15, 0.2) is 0 Å². The minimum absolute atomic E-state index is 0.822. The quantitative estimate of drug-likeness (QED) is 0.809. The van der Waals surface area contributed by atoms with Crippen LogP contribution in [0.1, 0.15) is 5.56 Å². The van der Waals surface area contributed by atoms with Crippen molar-refractivity contribution in [3.8, 4) is 0 Å². The summed E-state index contributed by atoms with van der Waals surface area (Å²) in [6.45, 7) is 2.01. The fourth-order valence-corrected chi connectivity index (χ4v) is 1.78. The van der Waals surface area contributed by atoms with E-state index in [1.807, 2.05) is 39.2 Å². The smallest absolute Gasteiger partial charge is 0.0405 e. The Morgan fingerprint density at radius 2 is 1.72 bits per heavy atom. The first-order valence-electron chi connectivity index (χ1n) is 5.97. The van der Waals surface area contributed by atoms with Gasteiger partial charge in [0.05, 0.1) is 0 Å². The van der Waals surface area contributed by atoms with E-state index >= 15 is 0 Å². The van der Waals surface area contributed by atoms with Crippen molar-refractivity contribution in [2.24, 2.45) is 0 Å². The van der Waals surface area contributed by atoms with E-state index in [1.54, 1.807) is 0 Å². The minimum atomic E-state index is 0.822. The molecule has 0 saturated heterocycles. The van der Waals surface area contributed by atoms with Crippen LogP contribution in [0.2, 0.25) is 0 Å². The number of nitrogens with one attached hydrogen (secondary N) is 1. The lowest BCUT2D eigenvalue weighted by molar-refractivity contribution is 1.13. The molecule has 0 spiro atoms. The summed E-state index contributed by atoms with van der Waals surface area (Å²) in [6.07, 6.45) is 0. The Morgan fingerprint density at radius 3 is 2.39 bits per heavy atom. The molecule has 0 unspecified atom stereocenters. The number of aryl methyl sites for hydroxylation is 1. The van der Waals surface area contributed by atoms with E-state index in [-0.39, 0.29) is 0 Å². The lowest BCUT2D eigenvalue weighted by Gasteiger charge is -2.15. The van der Waals surface area contributed by atoms with Gasteiger partial charge in [0, 0.05) is 36.8 Å². The first kappa shape index (κ1) is 12.3. The van der Waals surface area contributed by atoms with E-state index in [2.05, 4.69) is 34.5 Å². The van der Waals surface area contributed by atoms with Crippen LogP contribution in [0.4, 0.5) is 22.7 Å². The third-order valence-electron chi connectivity index (χ3n) is 2.92. The standard InChI is InChI=1S/C15H19N3/c1-11-9-13(7-8-15(11)16)17-12-5-4-6-14(10-12)18(2)3/h4-10,17H,16H2,1-3H3. The van der Waals surface area contributed by atoms with Crippen LogP contribution in [0.3, 0.4) is 0 Å². The van der Waals surface area contributed by atoms with Gasteiger partial charge in [-0.2, -0.15) is 0 Å². The fourth-order valence-electron chi connectivity index (χ4n) is 1.78. The van der Waals surface area contributed by atoms with Crippen LogP contribution in [0.15, 0.2) is 42.5 Å². The largest absolute Gasteiger partial charge is 0.399 e. The zero-order chi connectivity index (χ0) is 13.1. The van der Waals surface area contributed by atoms with Crippen molar-refractivity contribution < 1.29 is 0 Å². The summed E-state index contributed by atoms with van der Waals surface area (Å²) in [5.41, 5.74) is 11.0. The summed E-state index contributed by atoms with van der Waals surface area (Å²) < 4.78 is 0. The molecule has 0 amide bonds. The molecule has 0 atom stereocenters. The molecule has 18 heavy (non-hydrogen) atoms. The van der Waals surface area contributed by atoms with Gasteiger partial charge in [0.25, 0.3) is 0 Å². The van der Waals surface area contributed by atoms with Crippen molar-refractivity contribution in [3.05, 3.63) is 48.0 Å². The van der Waals surface area contributed by atoms with Crippen molar-refractivity contribution in [2.75, 3.05) is 30.0 Å². The van der Waals surface area contributed by atoms with Crippen molar-refractivity contribution in [2.45, 2.75) is 6.92 Å². The van der Waals surface area contributed by atoms with Gasteiger partial charge >= 0.3 is 0 Å². The molecule has 2 rings (SSSR count). The second-order valence-corrected chi connectivity index (χ2v) is 4.64. The van der Waals surface area contributed by atoms with Gasteiger partial charge in [0.1, 0.15) is 0 Å². The number of benzene rings is 2. The lowest BCUT2D eigenvalue weighted by Crippen LogP contribution is -2.08. The molecule has 3 heteroatoms. The Hall–Kier alpha value is -2.16. The molecular formula is C15H19N3. The highest BCUT2D eigenvalue weighted by molar-refractivity contribution is 5.67. The number of rotatable bonds is 3.